The summed E-state index contributed by atoms with van der Waals surface area (Å²) in [6, 6.07) is 7.64. The molecule has 2 heterocycles. The molecule has 27 heavy (non-hydrogen) atoms. The number of fused-ring (bicyclic) bond motifs is 3. The Morgan fingerprint density at radius 1 is 1.33 bits per heavy atom. The van der Waals surface area contributed by atoms with Gasteiger partial charge in [0.1, 0.15) is 5.66 Å². The summed E-state index contributed by atoms with van der Waals surface area (Å²) in [5.74, 6) is 0.184. The van der Waals surface area contributed by atoms with E-state index in [1.54, 1.807) is 6.20 Å². The van der Waals surface area contributed by atoms with E-state index < -0.39 is 5.66 Å². The van der Waals surface area contributed by atoms with Crippen molar-refractivity contribution in [2.24, 2.45) is 17.3 Å². The molecular formula is C20H22N4O2S. The lowest BCUT2D eigenvalue weighted by Gasteiger charge is -2.60. The average Bonchev–Trinajstić information content (AvgIpc) is 3.14. The van der Waals surface area contributed by atoms with Gasteiger partial charge in [-0.05, 0) is 43.2 Å². The fourth-order valence-corrected chi connectivity index (χ4v) is 5.86. The van der Waals surface area contributed by atoms with Crippen molar-refractivity contribution >= 4 is 34.0 Å². The molecule has 1 spiro atoms. The molecule has 3 saturated carbocycles. The highest BCUT2D eigenvalue weighted by Gasteiger charge is 2.60. The van der Waals surface area contributed by atoms with E-state index in [1.165, 1.54) is 11.3 Å². The van der Waals surface area contributed by atoms with Crippen LogP contribution in [0.25, 0.3) is 0 Å². The van der Waals surface area contributed by atoms with Crippen LogP contribution >= 0.6 is 11.3 Å². The van der Waals surface area contributed by atoms with Gasteiger partial charge in [-0.3, -0.25) is 9.59 Å². The minimum atomic E-state index is -0.462. The molecular weight excluding hydrogens is 360 g/mol. The number of para-hydroxylation sites is 1. The zero-order valence-corrected chi connectivity index (χ0v) is 15.9. The maximum atomic E-state index is 12.9. The van der Waals surface area contributed by atoms with Gasteiger partial charge in [-0.15, -0.1) is 11.3 Å². The molecule has 6 rings (SSSR count). The highest BCUT2D eigenvalue weighted by molar-refractivity contribution is 7.13. The summed E-state index contributed by atoms with van der Waals surface area (Å²) in [5.41, 5.74) is 0.952. The Kier molecular flexibility index (Phi) is 3.59. The monoisotopic (exact) mass is 382 g/mol. The van der Waals surface area contributed by atoms with Crippen molar-refractivity contribution in [2.75, 3.05) is 10.6 Å². The van der Waals surface area contributed by atoms with Crippen LogP contribution < -0.4 is 16.0 Å². The van der Waals surface area contributed by atoms with Crippen molar-refractivity contribution in [3.63, 3.8) is 0 Å². The Labute approximate surface area is 161 Å². The van der Waals surface area contributed by atoms with Gasteiger partial charge in [-0.1, -0.05) is 19.1 Å². The molecule has 1 aromatic heterocycles. The topological polar surface area (TPSA) is 83.1 Å². The van der Waals surface area contributed by atoms with E-state index in [2.05, 4.69) is 27.9 Å². The molecule has 3 fully saturated rings. The van der Waals surface area contributed by atoms with E-state index in [-0.39, 0.29) is 29.1 Å². The first-order chi connectivity index (χ1) is 13.0. The largest absolute Gasteiger partial charge is 0.362 e. The van der Waals surface area contributed by atoms with E-state index >= 15 is 0 Å². The molecule has 3 N–H and O–H groups in total. The summed E-state index contributed by atoms with van der Waals surface area (Å²) >= 11 is 1.44. The summed E-state index contributed by atoms with van der Waals surface area (Å²) in [6.45, 7) is 2.19. The Morgan fingerprint density at radius 3 is 2.96 bits per heavy atom. The van der Waals surface area contributed by atoms with Crippen LogP contribution in [0.4, 0.5) is 10.8 Å². The first-order valence-corrected chi connectivity index (χ1v) is 10.3. The molecule has 0 saturated heterocycles. The van der Waals surface area contributed by atoms with Crippen molar-refractivity contribution in [3.8, 4) is 0 Å². The molecule has 140 valence electrons. The lowest BCUT2D eigenvalue weighted by molar-refractivity contribution is -0.134. The lowest BCUT2D eigenvalue weighted by atomic mass is 9.51. The third-order valence-corrected chi connectivity index (χ3v) is 7.34. The fourth-order valence-electron chi connectivity index (χ4n) is 5.33. The normalized spacial score (nSPS) is 33.9. The van der Waals surface area contributed by atoms with Crippen molar-refractivity contribution in [3.05, 3.63) is 41.4 Å². The third-order valence-electron chi connectivity index (χ3n) is 6.65. The van der Waals surface area contributed by atoms with Crippen LogP contribution in [0.15, 0.2) is 35.8 Å². The summed E-state index contributed by atoms with van der Waals surface area (Å²) in [4.78, 5) is 29.8. The maximum absolute atomic E-state index is 12.9. The molecule has 1 aromatic carbocycles. The second-order valence-electron chi connectivity index (χ2n) is 8.28. The van der Waals surface area contributed by atoms with Gasteiger partial charge in [0, 0.05) is 29.1 Å². The van der Waals surface area contributed by atoms with Crippen molar-refractivity contribution in [2.45, 2.75) is 38.3 Å². The summed E-state index contributed by atoms with van der Waals surface area (Å²) in [7, 11) is 0. The third kappa shape index (κ3) is 2.56. The molecule has 3 aliphatic carbocycles. The number of nitrogens with one attached hydrogen (secondary N) is 3. The zero-order valence-electron chi connectivity index (χ0n) is 15.1. The molecule has 4 atom stereocenters. The van der Waals surface area contributed by atoms with Crippen molar-refractivity contribution in [1.29, 1.82) is 0 Å². The zero-order chi connectivity index (χ0) is 18.6. The number of carbonyl (C=O) groups excluding carboxylic acids is 2. The van der Waals surface area contributed by atoms with Crippen LogP contribution in [0.3, 0.4) is 0 Å². The quantitative estimate of drug-likeness (QED) is 0.743. The van der Waals surface area contributed by atoms with Gasteiger partial charge in [0.2, 0.25) is 5.91 Å². The van der Waals surface area contributed by atoms with E-state index in [9.17, 15) is 9.59 Å². The van der Waals surface area contributed by atoms with E-state index in [0.717, 1.165) is 31.4 Å². The predicted molar refractivity (Wildman–Crippen MR) is 105 cm³/mol. The smallest absolute Gasteiger partial charge is 0.255 e. The van der Waals surface area contributed by atoms with E-state index in [4.69, 9.17) is 0 Å². The first-order valence-electron chi connectivity index (χ1n) is 9.39. The molecule has 2 bridgehead atoms. The maximum Gasteiger partial charge on any atom is 0.255 e. The van der Waals surface area contributed by atoms with Crippen LogP contribution in [-0.4, -0.2) is 22.5 Å². The number of rotatable bonds is 2. The van der Waals surface area contributed by atoms with Gasteiger partial charge in [0.25, 0.3) is 5.91 Å². The van der Waals surface area contributed by atoms with Crippen LogP contribution in [0, 0.1) is 17.3 Å². The van der Waals surface area contributed by atoms with Gasteiger partial charge in [0.05, 0.1) is 5.56 Å². The minimum absolute atomic E-state index is 0.0238. The number of aromatic nitrogens is 1. The van der Waals surface area contributed by atoms with Gasteiger partial charge >= 0.3 is 0 Å². The number of amides is 2. The molecule has 6 nitrogen and oxygen atoms in total. The Morgan fingerprint density at radius 2 is 2.19 bits per heavy atom. The van der Waals surface area contributed by atoms with Crippen LogP contribution in [-0.2, 0) is 4.79 Å². The van der Waals surface area contributed by atoms with Crippen molar-refractivity contribution in [1.82, 2.24) is 10.3 Å². The Balaban J connectivity index is 1.43. The molecule has 1 aliphatic heterocycles. The second kappa shape index (κ2) is 5.79. The van der Waals surface area contributed by atoms with E-state index in [0.29, 0.717) is 10.7 Å². The number of hydrogen-bond acceptors (Lipinski definition) is 5. The highest BCUT2D eigenvalue weighted by atomic mass is 32.1. The molecule has 4 aliphatic rings. The standard InChI is InChI=1S/C20H22N4O2S/c1-19-7-6-12(10-14(19)17(26)22-18-21-8-9-27-18)20(11-19)23-15-5-3-2-4-13(15)16(25)24-20/h2-5,8-9,12,14,23H,6-7,10-11H2,1H3,(H,24,25)(H,21,22,26)/t12-,14+,19-,20-/m0/s1. The number of anilines is 2. The number of thiazole rings is 1. The molecule has 7 heteroatoms. The van der Waals surface area contributed by atoms with Crippen LogP contribution in [0.2, 0.25) is 0 Å². The van der Waals surface area contributed by atoms with Gasteiger partial charge < -0.3 is 16.0 Å². The fraction of sp³-hybridized carbons (Fsp3) is 0.450. The number of hydrogen-bond donors (Lipinski definition) is 3. The minimum Gasteiger partial charge on any atom is -0.362 e. The summed E-state index contributed by atoms with van der Waals surface area (Å²) in [5, 5.41) is 12.4. The van der Waals surface area contributed by atoms with Gasteiger partial charge in [0.15, 0.2) is 5.13 Å². The molecule has 2 aromatic rings. The first kappa shape index (κ1) is 16.7. The average molecular weight is 382 g/mol. The highest BCUT2D eigenvalue weighted by Crippen LogP contribution is 2.58. The molecule has 0 radical (unpaired) electrons. The Hall–Kier alpha value is -2.41. The number of benzene rings is 1. The lowest BCUT2D eigenvalue weighted by Crippen LogP contribution is -2.70. The van der Waals surface area contributed by atoms with Crippen molar-refractivity contribution < 1.29 is 9.59 Å². The number of carbonyl (C=O) groups is 2. The van der Waals surface area contributed by atoms with Crippen LogP contribution in [0.5, 0.6) is 0 Å². The SMILES string of the molecule is C[C@@]12CC[C@@H](C[C@@H]1C(=O)Nc1nccs1)[C@]1(C2)NC(=O)c2ccccc2N1. The molecule has 0 unspecified atom stereocenters. The number of nitrogens with zero attached hydrogens (tertiary/aromatic N) is 1. The van der Waals surface area contributed by atoms with Gasteiger partial charge in [-0.2, -0.15) is 0 Å². The summed E-state index contributed by atoms with van der Waals surface area (Å²) < 4.78 is 0. The predicted octanol–water partition coefficient (Wildman–Crippen LogP) is 3.46. The van der Waals surface area contributed by atoms with Crippen LogP contribution in [0.1, 0.15) is 43.0 Å². The summed E-state index contributed by atoms with van der Waals surface area (Å²) in [6.07, 6.45) is 5.22. The van der Waals surface area contributed by atoms with Gasteiger partial charge in [-0.25, -0.2) is 4.98 Å². The Bertz CT molecular complexity index is 914. The second-order valence-corrected chi connectivity index (χ2v) is 9.17. The van der Waals surface area contributed by atoms with E-state index in [1.807, 2.05) is 29.6 Å². The molecule has 2 amide bonds.